The third-order valence-electron chi connectivity index (χ3n) is 3.14. The fourth-order valence-corrected chi connectivity index (χ4v) is 2.13. The van der Waals surface area contributed by atoms with Gasteiger partial charge in [0, 0.05) is 24.7 Å². The van der Waals surface area contributed by atoms with Crippen molar-refractivity contribution in [2.45, 2.75) is 46.2 Å². The number of nitrogens with two attached hydrogens (primary N) is 1. The van der Waals surface area contributed by atoms with Gasteiger partial charge in [0.1, 0.15) is 0 Å². The lowest BCUT2D eigenvalue weighted by Gasteiger charge is -2.09. The Bertz CT molecular complexity index is 582. The molecular formula is C14H23N5O. The van der Waals surface area contributed by atoms with E-state index in [-0.39, 0.29) is 6.04 Å². The van der Waals surface area contributed by atoms with Crippen molar-refractivity contribution >= 4 is 0 Å². The SMILES string of the molecule is Cc1nn(C)c(Oc2cnn(C(C)C)c2)c1CC(C)N. The number of nitrogens with zero attached hydrogens (tertiary/aromatic N) is 4. The van der Waals surface area contributed by atoms with Crippen LogP contribution in [0, 0.1) is 6.92 Å². The van der Waals surface area contributed by atoms with Crippen molar-refractivity contribution < 1.29 is 4.74 Å². The van der Waals surface area contributed by atoms with Crippen LogP contribution < -0.4 is 10.5 Å². The summed E-state index contributed by atoms with van der Waals surface area (Å²) in [5, 5.41) is 8.69. The van der Waals surface area contributed by atoms with Crippen molar-refractivity contribution in [1.82, 2.24) is 19.6 Å². The van der Waals surface area contributed by atoms with Crippen LogP contribution in [0.4, 0.5) is 0 Å². The van der Waals surface area contributed by atoms with Gasteiger partial charge in [-0.3, -0.25) is 4.68 Å². The molecule has 2 N–H and O–H groups in total. The second kappa shape index (κ2) is 5.66. The molecule has 1 atom stereocenters. The fourth-order valence-electron chi connectivity index (χ4n) is 2.13. The number of hydrogen-bond acceptors (Lipinski definition) is 4. The maximum Gasteiger partial charge on any atom is 0.221 e. The van der Waals surface area contributed by atoms with Crippen LogP contribution in [0.15, 0.2) is 12.4 Å². The van der Waals surface area contributed by atoms with E-state index in [9.17, 15) is 0 Å². The summed E-state index contributed by atoms with van der Waals surface area (Å²) in [4.78, 5) is 0. The van der Waals surface area contributed by atoms with Crippen LogP contribution >= 0.6 is 0 Å². The monoisotopic (exact) mass is 277 g/mol. The van der Waals surface area contributed by atoms with Gasteiger partial charge in [0.05, 0.1) is 18.1 Å². The molecule has 1 unspecified atom stereocenters. The molecule has 2 aromatic heterocycles. The van der Waals surface area contributed by atoms with E-state index in [1.165, 1.54) is 0 Å². The van der Waals surface area contributed by atoms with Gasteiger partial charge in [0.15, 0.2) is 5.75 Å². The summed E-state index contributed by atoms with van der Waals surface area (Å²) in [6.45, 7) is 8.11. The Hall–Kier alpha value is -1.82. The average Bonchev–Trinajstić information content (AvgIpc) is 2.89. The molecule has 0 aliphatic heterocycles. The summed E-state index contributed by atoms with van der Waals surface area (Å²) >= 11 is 0. The van der Waals surface area contributed by atoms with Gasteiger partial charge in [-0.1, -0.05) is 0 Å². The minimum Gasteiger partial charge on any atom is -0.436 e. The van der Waals surface area contributed by atoms with Gasteiger partial charge in [-0.25, -0.2) is 4.68 Å². The first-order valence-corrected chi connectivity index (χ1v) is 6.88. The summed E-state index contributed by atoms with van der Waals surface area (Å²) < 4.78 is 9.57. The zero-order valence-corrected chi connectivity index (χ0v) is 12.8. The Morgan fingerprint density at radius 2 is 2.05 bits per heavy atom. The summed E-state index contributed by atoms with van der Waals surface area (Å²) in [6, 6.07) is 0.378. The highest BCUT2D eigenvalue weighted by atomic mass is 16.5. The minimum atomic E-state index is 0.0682. The van der Waals surface area contributed by atoms with E-state index in [2.05, 4.69) is 24.0 Å². The van der Waals surface area contributed by atoms with Crippen molar-refractivity contribution in [1.29, 1.82) is 0 Å². The first-order valence-electron chi connectivity index (χ1n) is 6.88. The maximum atomic E-state index is 5.95. The Balaban J connectivity index is 2.27. The normalized spacial score (nSPS) is 12.9. The molecular weight excluding hydrogens is 254 g/mol. The summed E-state index contributed by atoms with van der Waals surface area (Å²) in [6.07, 6.45) is 4.36. The second-order valence-electron chi connectivity index (χ2n) is 5.53. The molecule has 0 aliphatic carbocycles. The van der Waals surface area contributed by atoms with Crippen LogP contribution in [0.5, 0.6) is 11.6 Å². The van der Waals surface area contributed by atoms with Crippen molar-refractivity contribution in [2.75, 3.05) is 0 Å². The third-order valence-corrected chi connectivity index (χ3v) is 3.14. The van der Waals surface area contributed by atoms with E-state index in [0.29, 0.717) is 11.8 Å². The smallest absolute Gasteiger partial charge is 0.221 e. The Kier molecular flexibility index (Phi) is 4.13. The number of hydrogen-bond donors (Lipinski definition) is 1. The molecule has 0 fully saturated rings. The van der Waals surface area contributed by atoms with Crippen LogP contribution in [0.3, 0.4) is 0 Å². The molecule has 6 heteroatoms. The second-order valence-corrected chi connectivity index (χ2v) is 5.53. The van der Waals surface area contributed by atoms with E-state index in [1.54, 1.807) is 10.9 Å². The number of rotatable bonds is 5. The lowest BCUT2D eigenvalue weighted by molar-refractivity contribution is 0.422. The summed E-state index contributed by atoms with van der Waals surface area (Å²) in [5.74, 6) is 1.45. The van der Waals surface area contributed by atoms with Crippen molar-refractivity contribution in [2.24, 2.45) is 12.8 Å². The van der Waals surface area contributed by atoms with Crippen molar-refractivity contribution in [3.63, 3.8) is 0 Å². The van der Waals surface area contributed by atoms with Gasteiger partial charge >= 0.3 is 0 Å². The van der Waals surface area contributed by atoms with Crippen LogP contribution in [-0.4, -0.2) is 25.6 Å². The first kappa shape index (κ1) is 14.6. The molecule has 0 spiro atoms. The lowest BCUT2D eigenvalue weighted by atomic mass is 10.1. The molecule has 0 radical (unpaired) electrons. The Labute approximate surface area is 119 Å². The van der Waals surface area contributed by atoms with Gasteiger partial charge in [-0.15, -0.1) is 0 Å². The number of aryl methyl sites for hydroxylation is 2. The first-order chi connectivity index (χ1) is 9.38. The third kappa shape index (κ3) is 3.01. The zero-order chi connectivity index (χ0) is 14.9. The van der Waals surface area contributed by atoms with Crippen LogP contribution in [0.1, 0.15) is 38.1 Å². The molecule has 20 heavy (non-hydrogen) atoms. The lowest BCUT2D eigenvalue weighted by Crippen LogP contribution is -2.18. The van der Waals surface area contributed by atoms with Gasteiger partial charge < -0.3 is 10.5 Å². The summed E-state index contributed by atoms with van der Waals surface area (Å²) in [5.41, 5.74) is 7.91. The van der Waals surface area contributed by atoms with Crippen LogP contribution in [-0.2, 0) is 13.5 Å². The number of ether oxygens (including phenoxy) is 1. The van der Waals surface area contributed by atoms with Crippen molar-refractivity contribution in [3.05, 3.63) is 23.7 Å². The molecule has 0 aromatic carbocycles. The molecule has 0 amide bonds. The van der Waals surface area contributed by atoms with Gasteiger partial charge in [0.25, 0.3) is 0 Å². The fraction of sp³-hybridized carbons (Fsp3) is 0.571. The van der Waals surface area contributed by atoms with E-state index in [0.717, 1.165) is 23.6 Å². The molecule has 6 nitrogen and oxygen atoms in total. The molecule has 2 heterocycles. The van der Waals surface area contributed by atoms with Crippen LogP contribution in [0.25, 0.3) is 0 Å². The van der Waals surface area contributed by atoms with E-state index >= 15 is 0 Å². The van der Waals surface area contributed by atoms with E-state index < -0.39 is 0 Å². The highest BCUT2D eigenvalue weighted by molar-refractivity contribution is 5.35. The van der Waals surface area contributed by atoms with Gasteiger partial charge in [0.2, 0.25) is 5.88 Å². The Morgan fingerprint density at radius 1 is 1.35 bits per heavy atom. The maximum absolute atomic E-state index is 5.95. The molecule has 0 saturated heterocycles. The Morgan fingerprint density at radius 3 is 2.60 bits per heavy atom. The molecule has 2 aromatic rings. The van der Waals surface area contributed by atoms with Gasteiger partial charge in [-0.05, 0) is 34.1 Å². The largest absolute Gasteiger partial charge is 0.436 e. The topological polar surface area (TPSA) is 70.9 Å². The summed E-state index contributed by atoms with van der Waals surface area (Å²) in [7, 11) is 1.87. The van der Waals surface area contributed by atoms with Gasteiger partial charge in [-0.2, -0.15) is 10.2 Å². The molecule has 0 saturated carbocycles. The average molecular weight is 277 g/mol. The molecule has 0 aliphatic rings. The van der Waals surface area contributed by atoms with E-state index in [1.807, 2.05) is 31.8 Å². The minimum absolute atomic E-state index is 0.0682. The number of aromatic nitrogens is 4. The molecule has 2 rings (SSSR count). The van der Waals surface area contributed by atoms with Crippen LogP contribution in [0.2, 0.25) is 0 Å². The van der Waals surface area contributed by atoms with E-state index in [4.69, 9.17) is 10.5 Å². The molecule has 0 bridgehead atoms. The zero-order valence-electron chi connectivity index (χ0n) is 12.8. The van der Waals surface area contributed by atoms with Crippen molar-refractivity contribution in [3.8, 4) is 11.6 Å². The molecule has 110 valence electrons. The standard InChI is InChI=1S/C14H23N5O/c1-9(2)19-8-12(7-16-19)20-14-13(6-10(3)15)11(4)17-18(14)5/h7-10H,6,15H2,1-5H3. The predicted octanol–water partition coefficient (Wildman–Crippen LogP) is 2.19. The highest BCUT2D eigenvalue weighted by Gasteiger charge is 2.17. The highest BCUT2D eigenvalue weighted by Crippen LogP contribution is 2.28. The predicted molar refractivity (Wildman–Crippen MR) is 78.0 cm³/mol. The quantitative estimate of drug-likeness (QED) is 0.909.